The van der Waals surface area contributed by atoms with Gasteiger partial charge in [-0.25, -0.2) is 4.79 Å². The number of aryl methyl sites for hydroxylation is 1. The van der Waals surface area contributed by atoms with Gasteiger partial charge in [-0.15, -0.1) is 0 Å². The number of nitrogens with one attached hydrogen (secondary N) is 3. The van der Waals surface area contributed by atoms with E-state index < -0.39 is 6.09 Å². The minimum absolute atomic E-state index is 0.0589. The highest BCUT2D eigenvalue weighted by atomic mass is 16.5. The number of benzene rings is 2. The van der Waals surface area contributed by atoms with E-state index in [2.05, 4.69) is 65.0 Å². The zero-order valence-corrected chi connectivity index (χ0v) is 24.0. The first-order valence-corrected chi connectivity index (χ1v) is 14.3. The fraction of sp³-hybridized carbons (Fsp3) is 0.548. The van der Waals surface area contributed by atoms with Crippen LogP contribution < -0.4 is 20.9 Å². The summed E-state index contributed by atoms with van der Waals surface area (Å²) < 4.78 is 5.11. The van der Waals surface area contributed by atoms with Crippen LogP contribution in [0.2, 0.25) is 0 Å². The summed E-state index contributed by atoms with van der Waals surface area (Å²) in [6.07, 6.45) is 3.97. The summed E-state index contributed by atoms with van der Waals surface area (Å²) >= 11 is 0. The predicted molar refractivity (Wildman–Crippen MR) is 157 cm³/mol. The fourth-order valence-electron chi connectivity index (χ4n) is 5.73. The number of carbonyl (C=O) groups is 2. The Bertz CT molecular complexity index is 1120. The van der Waals surface area contributed by atoms with Crippen molar-refractivity contribution < 1.29 is 14.3 Å². The number of rotatable bonds is 9. The van der Waals surface area contributed by atoms with Gasteiger partial charge in [0, 0.05) is 76.1 Å². The first-order chi connectivity index (χ1) is 18.8. The van der Waals surface area contributed by atoms with Crippen molar-refractivity contribution in [1.29, 1.82) is 0 Å². The molecule has 0 aromatic heterocycles. The molecule has 212 valence electrons. The molecule has 0 unspecified atom stereocenters. The number of anilines is 2. The van der Waals surface area contributed by atoms with E-state index in [0.717, 1.165) is 68.8 Å². The van der Waals surface area contributed by atoms with Crippen LogP contribution >= 0.6 is 0 Å². The predicted octanol–water partition coefficient (Wildman–Crippen LogP) is 4.32. The highest BCUT2D eigenvalue weighted by molar-refractivity contribution is 5.94. The van der Waals surface area contributed by atoms with Gasteiger partial charge in [-0.2, -0.15) is 0 Å². The molecule has 2 fully saturated rings. The number of piperazine rings is 1. The maximum atomic E-state index is 13.4. The number of hydrogen-bond acceptors (Lipinski definition) is 6. The zero-order valence-electron chi connectivity index (χ0n) is 24.0. The molecule has 8 nitrogen and oxygen atoms in total. The first kappa shape index (κ1) is 28.9. The number of ether oxygens (including phenoxy) is 1. The van der Waals surface area contributed by atoms with E-state index in [0.29, 0.717) is 25.1 Å². The largest absolute Gasteiger partial charge is 0.449 e. The van der Waals surface area contributed by atoms with Crippen molar-refractivity contribution >= 4 is 23.4 Å². The van der Waals surface area contributed by atoms with Crippen molar-refractivity contribution in [3.8, 4) is 0 Å². The second kappa shape index (κ2) is 13.8. The molecule has 0 bridgehead atoms. The molecule has 1 heterocycles. The molecule has 1 atom stereocenters. The monoisotopic (exact) mass is 535 g/mol. The molecule has 2 aliphatic rings. The maximum absolute atomic E-state index is 13.4. The van der Waals surface area contributed by atoms with E-state index >= 15 is 0 Å². The van der Waals surface area contributed by atoms with Crippen LogP contribution in [0.3, 0.4) is 0 Å². The molecule has 1 aliphatic heterocycles. The standard InChI is InChI=1S/C31H45N5O3/c1-22-18-29(13-10-26(22)21-36-16-15-33-23(2)20-36)35(4)30(37)25-8-11-27(12-9-25)34-28-7-5-6-24(19-28)14-17-39-31(38)32-3/h5-7,10,13,18-19,23,25,27,33-34H,8-9,11-12,14-17,20-21H2,1-4H3,(H,32,38)/t23-,25?,27?/m0/s1. The molecular formula is C31H45N5O3. The van der Waals surface area contributed by atoms with E-state index in [4.69, 9.17) is 4.74 Å². The highest BCUT2D eigenvalue weighted by Gasteiger charge is 2.29. The normalized spacial score (nSPS) is 21.7. The van der Waals surface area contributed by atoms with Crippen LogP contribution in [0.15, 0.2) is 42.5 Å². The SMILES string of the molecule is CNC(=O)OCCc1cccc(NC2CCC(C(=O)N(C)c3ccc(CN4CCN[C@@H](C)C4)c(C)c3)CC2)c1. The third kappa shape index (κ3) is 8.19. The van der Waals surface area contributed by atoms with E-state index in [1.807, 2.05) is 24.1 Å². The third-order valence-corrected chi connectivity index (χ3v) is 8.09. The molecule has 2 aromatic rings. The summed E-state index contributed by atoms with van der Waals surface area (Å²) in [6, 6.07) is 15.6. The Morgan fingerprint density at radius 1 is 1.13 bits per heavy atom. The van der Waals surface area contributed by atoms with Gasteiger partial charge in [-0.05, 0) is 80.5 Å². The molecule has 3 N–H and O–H groups in total. The minimum atomic E-state index is -0.408. The molecule has 1 aliphatic carbocycles. The molecular weight excluding hydrogens is 490 g/mol. The van der Waals surface area contributed by atoms with Crippen LogP contribution in [-0.2, 0) is 22.5 Å². The van der Waals surface area contributed by atoms with Crippen molar-refractivity contribution in [1.82, 2.24) is 15.5 Å². The lowest BCUT2D eigenvalue weighted by Gasteiger charge is -2.33. The zero-order chi connectivity index (χ0) is 27.8. The van der Waals surface area contributed by atoms with Crippen LogP contribution in [-0.4, -0.2) is 69.3 Å². The number of amides is 2. The van der Waals surface area contributed by atoms with Crippen LogP contribution in [0.1, 0.15) is 49.3 Å². The molecule has 4 rings (SSSR count). The second-order valence-electron chi connectivity index (χ2n) is 11.1. The van der Waals surface area contributed by atoms with Gasteiger partial charge in [0.2, 0.25) is 5.91 Å². The van der Waals surface area contributed by atoms with Gasteiger partial charge < -0.3 is 25.6 Å². The van der Waals surface area contributed by atoms with Crippen molar-refractivity contribution in [2.24, 2.45) is 5.92 Å². The van der Waals surface area contributed by atoms with Gasteiger partial charge in [0.25, 0.3) is 0 Å². The number of carbonyl (C=O) groups excluding carboxylic acids is 2. The van der Waals surface area contributed by atoms with Crippen LogP contribution in [0.25, 0.3) is 0 Å². The smallest absolute Gasteiger partial charge is 0.406 e. The Morgan fingerprint density at radius 3 is 2.64 bits per heavy atom. The Hall–Kier alpha value is -3.10. The number of hydrogen-bond donors (Lipinski definition) is 3. The Kier molecular flexibility index (Phi) is 10.2. The van der Waals surface area contributed by atoms with Gasteiger partial charge in [-0.1, -0.05) is 18.2 Å². The second-order valence-corrected chi connectivity index (χ2v) is 11.1. The molecule has 39 heavy (non-hydrogen) atoms. The topological polar surface area (TPSA) is 85.9 Å². The summed E-state index contributed by atoms with van der Waals surface area (Å²) in [4.78, 5) is 29.0. The first-order valence-electron chi connectivity index (χ1n) is 14.3. The van der Waals surface area contributed by atoms with E-state index in [1.54, 1.807) is 7.05 Å². The number of alkyl carbamates (subject to hydrolysis) is 1. The van der Waals surface area contributed by atoms with Crippen molar-refractivity contribution in [3.63, 3.8) is 0 Å². The van der Waals surface area contributed by atoms with Gasteiger partial charge in [0.05, 0.1) is 6.61 Å². The summed E-state index contributed by atoms with van der Waals surface area (Å²) in [6.45, 7) is 8.87. The molecule has 0 radical (unpaired) electrons. The van der Waals surface area contributed by atoms with Crippen LogP contribution in [0.4, 0.5) is 16.2 Å². The molecule has 1 saturated heterocycles. The molecule has 2 amide bonds. The van der Waals surface area contributed by atoms with E-state index in [-0.39, 0.29) is 11.8 Å². The van der Waals surface area contributed by atoms with Crippen LogP contribution in [0, 0.1) is 12.8 Å². The lowest BCUT2D eigenvalue weighted by atomic mass is 9.85. The van der Waals surface area contributed by atoms with E-state index in [9.17, 15) is 9.59 Å². The van der Waals surface area contributed by atoms with Gasteiger partial charge >= 0.3 is 6.09 Å². The van der Waals surface area contributed by atoms with Crippen LogP contribution in [0.5, 0.6) is 0 Å². The Morgan fingerprint density at radius 2 is 1.92 bits per heavy atom. The quantitative estimate of drug-likeness (QED) is 0.444. The van der Waals surface area contributed by atoms with E-state index in [1.165, 1.54) is 11.1 Å². The molecule has 0 spiro atoms. The van der Waals surface area contributed by atoms with Crippen molar-refractivity contribution in [2.75, 3.05) is 50.6 Å². The highest BCUT2D eigenvalue weighted by Crippen LogP contribution is 2.30. The van der Waals surface area contributed by atoms with Gasteiger partial charge in [0.1, 0.15) is 0 Å². The lowest BCUT2D eigenvalue weighted by molar-refractivity contribution is -0.123. The van der Waals surface area contributed by atoms with Crippen molar-refractivity contribution in [2.45, 2.75) is 64.6 Å². The maximum Gasteiger partial charge on any atom is 0.406 e. The lowest BCUT2D eigenvalue weighted by Crippen LogP contribution is -2.48. The summed E-state index contributed by atoms with van der Waals surface area (Å²) in [5.74, 6) is 0.276. The number of nitrogens with zero attached hydrogens (tertiary/aromatic N) is 2. The summed E-state index contributed by atoms with van der Waals surface area (Å²) in [5.41, 5.74) is 5.76. The summed E-state index contributed by atoms with van der Waals surface area (Å²) in [7, 11) is 3.47. The third-order valence-electron chi connectivity index (χ3n) is 8.09. The Balaban J connectivity index is 1.25. The average Bonchev–Trinajstić information content (AvgIpc) is 2.94. The average molecular weight is 536 g/mol. The molecule has 2 aromatic carbocycles. The Labute approximate surface area is 233 Å². The molecule has 8 heteroatoms. The van der Waals surface area contributed by atoms with Gasteiger partial charge in [-0.3, -0.25) is 9.69 Å². The van der Waals surface area contributed by atoms with Crippen molar-refractivity contribution in [3.05, 3.63) is 59.2 Å². The van der Waals surface area contributed by atoms with Gasteiger partial charge in [0.15, 0.2) is 0 Å². The fourth-order valence-corrected chi connectivity index (χ4v) is 5.73. The minimum Gasteiger partial charge on any atom is -0.449 e. The molecule has 1 saturated carbocycles. The summed E-state index contributed by atoms with van der Waals surface area (Å²) in [5, 5.41) is 9.61.